The molecule has 0 radical (unpaired) electrons. The van der Waals surface area contributed by atoms with E-state index in [1.807, 2.05) is 18.2 Å². The Kier molecular flexibility index (Phi) is 5.77. The van der Waals surface area contributed by atoms with Gasteiger partial charge in [0, 0.05) is 17.3 Å². The number of nitrogens with one attached hydrogen (secondary N) is 1. The first-order chi connectivity index (χ1) is 12.8. The highest BCUT2D eigenvalue weighted by Gasteiger charge is 2.34. The van der Waals surface area contributed by atoms with Crippen molar-refractivity contribution in [2.45, 2.75) is 19.2 Å². The van der Waals surface area contributed by atoms with E-state index in [9.17, 15) is 14.0 Å². The lowest BCUT2D eigenvalue weighted by atomic mass is 9.95. The summed E-state index contributed by atoms with van der Waals surface area (Å²) in [6.45, 7) is 3.56. The summed E-state index contributed by atoms with van der Waals surface area (Å²) >= 11 is 7.37. The zero-order chi connectivity index (χ0) is 19.6. The van der Waals surface area contributed by atoms with Crippen molar-refractivity contribution in [1.82, 2.24) is 0 Å². The summed E-state index contributed by atoms with van der Waals surface area (Å²) in [5.74, 6) is 0.0117. The molecule has 0 spiro atoms. The Morgan fingerprint density at radius 2 is 2.00 bits per heavy atom. The molecule has 27 heavy (non-hydrogen) atoms. The molecule has 2 amide bonds. The molecule has 1 saturated heterocycles. The molecule has 4 nitrogen and oxygen atoms in total. The number of carbonyl (C=O) groups excluding carboxylic acids is 2. The van der Waals surface area contributed by atoms with E-state index in [4.69, 9.17) is 11.6 Å². The van der Waals surface area contributed by atoms with Crippen LogP contribution in [0, 0.1) is 11.2 Å². The number of thioether (sulfide) groups is 1. The molecule has 7 heteroatoms. The quantitative estimate of drug-likeness (QED) is 0.725. The fourth-order valence-corrected chi connectivity index (χ4v) is 3.97. The topological polar surface area (TPSA) is 49.4 Å². The maximum atomic E-state index is 13.2. The number of hydrogen-bond donors (Lipinski definition) is 1. The zero-order valence-electron chi connectivity index (χ0n) is 15.0. The van der Waals surface area contributed by atoms with Gasteiger partial charge in [0.15, 0.2) is 0 Å². The second-order valence-corrected chi connectivity index (χ2v) is 8.34. The highest BCUT2D eigenvalue weighted by Crippen LogP contribution is 2.42. The predicted octanol–water partition coefficient (Wildman–Crippen LogP) is 4.81. The second kappa shape index (κ2) is 7.90. The van der Waals surface area contributed by atoms with Gasteiger partial charge in [-0.15, -0.1) is 23.4 Å². The zero-order valence-corrected chi connectivity index (χ0v) is 16.6. The maximum absolute atomic E-state index is 13.2. The van der Waals surface area contributed by atoms with Crippen LogP contribution in [0.5, 0.6) is 0 Å². The average Bonchev–Trinajstić information content (AvgIpc) is 3.04. The molecule has 1 heterocycles. The van der Waals surface area contributed by atoms with E-state index in [1.165, 1.54) is 23.9 Å². The van der Waals surface area contributed by atoms with Crippen molar-refractivity contribution in [3.63, 3.8) is 0 Å². The van der Waals surface area contributed by atoms with Gasteiger partial charge in [-0.1, -0.05) is 12.1 Å². The fourth-order valence-electron chi connectivity index (χ4n) is 2.68. The van der Waals surface area contributed by atoms with E-state index in [1.54, 1.807) is 36.9 Å². The van der Waals surface area contributed by atoms with Gasteiger partial charge in [0.05, 0.1) is 11.2 Å². The Hall–Kier alpha value is -2.05. The van der Waals surface area contributed by atoms with Gasteiger partial charge in [0.25, 0.3) is 0 Å². The van der Waals surface area contributed by atoms with Crippen LogP contribution in [-0.2, 0) is 9.59 Å². The Labute approximate surface area is 167 Å². The molecule has 0 saturated carbocycles. The van der Waals surface area contributed by atoms with Gasteiger partial charge >= 0.3 is 0 Å². The first-order valence-electron chi connectivity index (χ1n) is 8.48. The molecule has 0 aliphatic carbocycles. The monoisotopic (exact) mass is 406 g/mol. The lowest BCUT2D eigenvalue weighted by Crippen LogP contribution is -2.32. The van der Waals surface area contributed by atoms with Gasteiger partial charge in [-0.2, -0.15) is 0 Å². The summed E-state index contributed by atoms with van der Waals surface area (Å²) < 4.78 is 13.2. The molecule has 1 fully saturated rings. The van der Waals surface area contributed by atoms with Crippen LogP contribution in [0.25, 0.3) is 0 Å². The van der Waals surface area contributed by atoms with Crippen molar-refractivity contribution in [3.05, 3.63) is 59.9 Å². The summed E-state index contributed by atoms with van der Waals surface area (Å²) in [6, 6.07) is 13.3. The number of carbonyl (C=O) groups is 2. The van der Waals surface area contributed by atoms with Crippen LogP contribution in [0.1, 0.15) is 24.8 Å². The highest BCUT2D eigenvalue weighted by molar-refractivity contribution is 8.00. The van der Waals surface area contributed by atoms with Crippen LogP contribution >= 0.6 is 23.4 Å². The third-order valence-corrected chi connectivity index (χ3v) is 6.23. The largest absolute Gasteiger partial charge is 0.326 e. The SMILES string of the molecule is CC(C)(CCl)C(=O)Nc1cccc([C@@H]2SCC(=O)N2c2ccc(F)cc2)c1. The van der Waals surface area contributed by atoms with E-state index in [0.717, 1.165) is 5.56 Å². The number of rotatable bonds is 5. The molecular formula is C20H20ClFN2O2S. The van der Waals surface area contributed by atoms with Crippen molar-refractivity contribution in [3.8, 4) is 0 Å². The Morgan fingerprint density at radius 3 is 2.67 bits per heavy atom. The van der Waals surface area contributed by atoms with Gasteiger partial charge < -0.3 is 5.32 Å². The van der Waals surface area contributed by atoms with Crippen molar-refractivity contribution in [2.24, 2.45) is 5.41 Å². The molecule has 0 aromatic heterocycles. The molecule has 0 unspecified atom stereocenters. The second-order valence-electron chi connectivity index (χ2n) is 7.00. The van der Waals surface area contributed by atoms with Crippen LogP contribution < -0.4 is 10.2 Å². The molecule has 1 N–H and O–H groups in total. The van der Waals surface area contributed by atoms with Gasteiger partial charge in [-0.25, -0.2) is 4.39 Å². The Bertz CT molecular complexity index is 857. The molecular weight excluding hydrogens is 387 g/mol. The smallest absolute Gasteiger partial charge is 0.238 e. The average molecular weight is 407 g/mol. The first-order valence-corrected chi connectivity index (χ1v) is 10.1. The fraction of sp³-hybridized carbons (Fsp3) is 0.300. The minimum Gasteiger partial charge on any atom is -0.326 e. The number of halogens is 2. The maximum Gasteiger partial charge on any atom is 0.238 e. The third kappa shape index (κ3) is 4.28. The Balaban J connectivity index is 1.86. The first kappa shape index (κ1) is 19.7. The van der Waals surface area contributed by atoms with Crippen molar-refractivity contribution in [1.29, 1.82) is 0 Å². The number of hydrogen-bond acceptors (Lipinski definition) is 3. The number of amides is 2. The summed E-state index contributed by atoms with van der Waals surface area (Å²) in [7, 11) is 0. The molecule has 2 aromatic rings. The molecule has 0 bridgehead atoms. The van der Waals surface area contributed by atoms with Crippen LogP contribution in [0.2, 0.25) is 0 Å². The molecule has 142 valence electrons. The summed E-state index contributed by atoms with van der Waals surface area (Å²) in [5.41, 5.74) is 1.50. The molecule has 1 aliphatic heterocycles. The van der Waals surface area contributed by atoms with E-state index in [0.29, 0.717) is 17.1 Å². The highest BCUT2D eigenvalue weighted by atomic mass is 35.5. The minimum absolute atomic E-state index is 0.0330. The lowest BCUT2D eigenvalue weighted by Gasteiger charge is -2.25. The van der Waals surface area contributed by atoms with Gasteiger partial charge in [-0.05, 0) is 55.8 Å². The van der Waals surface area contributed by atoms with Crippen LogP contribution in [-0.4, -0.2) is 23.4 Å². The minimum atomic E-state index is -0.685. The number of nitrogens with zero attached hydrogens (tertiary/aromatic N) is 1. The molecule has 1 atom stereocenters. The number of alkyl halides is 1. The lowest BCUT2D eigenvalue weighted by molar-refractivity contribution is -0.123. The molecule has 2 aromatic carbocycles. The van der Waals surface area contributed by atoms with Crippen molar-refractivity contribution >= 4 is 46.6 Å². The van der Waals surface area contributed by atoms with Crippen LogP contribution in [0.3, 0.4) is 0 Å². The molecule has 3 rings (SSSR count). The predicted molar refractivity (Wildman–Crippen MR) is 109 cm³/mol. The van der Waals surface area contributed by atoms with Crippen molar-refractivity contribution in [2.75, 3.05) is 21.8 Å². The van der Waals surface area contributed by atoms with E-state index < -0.39 is 5.41 Å². The summed E-state index contributed by atoms with van der Waals surface area (Å²) in [5, 5.41) is 2.65. The normalized spacial score (nSPS) is 17.3. The molecule has 1 aliphatic rings. The van der Waals surface area contributed by atoms with Gasteiger partial charge in [-0.3, -0.25) is 14.5 Å². The van der Waals surface area contributed by atoms with Crippen molar-refractivity contribution < 1.29 is 14.0 Å². The van der Waals surface area contributed by atoms with Gasteiger partial charge in [0.1, 0.15) is 11.2 Å². The Morgan fingerprint density at radius 1 is 1.30 bits per heavy atom. The third-order valence-electron chi connectivity index (χ3n) is 4.35. The van der Waals surface area contributed by atoms with Gasteiger partial charge in [0.2, 0.25) is 11.8 Å². The van der Waals surface area contributed by atoms with E-state index >= 15 is 0 Å². The standard InChI is InChI=1S/C20H20ClFN2O2S/c1-20(2,12-21)19(26)23-15-5-3-4-13(10-15)18-24(17(25)11-27-18)16-8-6-14(22)7-9-16/h3-10,18H,11-12H2,1-2H3,(H,23,26)/t18-/m0/s1. The van der Waals surface area contributed by atoms with Crippen LogP contribution in [0.4, 0.5) is 15.8 Å². The van der Waals surface area contributed by atoms with Crippen LogP contribution in [0.15, 0.2) is 48.5 Å². The summed E-state index contributed by atoms with van der Waals surface area (Å²) in [6.07, 6.45) is 0. The summed E-state index contributed by atoms with van der Waals surface area (Å²) in [4.78, 5) is 26.4. The van der Waals surface area contributed by atoms with E-state index in [-0.39, 0.29) is 28.9 Å². The number of benzene rings is 2. The number of anilines is 2. The van der Waals surface area contributed by atoms with E-state index in [2.05, 4.69) is 5.32 Å².